The van der Waals surface area contributed by atoms with E-state index in [1.807, 2.05) is 13.8 Å². The normalized spacial score (nSPS) is 10.7. The van der Waals surface area contributed by atoms with Crippen LogP contribution in [0.2, 0.25) is 0 Å². The maximum atomic E-state index is 13.6. The highest BCUT2D eigenvalue weighted by Gasteiger charge is 2.23. The molecule has 0 radical (unpaired) electrons. The zero-order valence-corrected chi connectivity index (χ0v) is 11.4. The minimum atomic E-state index is -0.562. The van der Waals surface area contributed by atoms with Gasteiger partial charge >= 0.3 is 0 Å². The fourth-order valence-corrected chi connectivity index (χ4v) is 2.06. The van der Waals surface area contributed by atoms with Crippen LogP contribution in [0.1, 0.15) is 24.2 Å². The van der Waals surface area contributed by atoms with Crippen LogP contribution in [0, 0.1) is 5.82 Å². The molecule has 0 atom stereocenters. The Balaban J connectivity index is 3.09. The summed E-state index contributed by atoms with van der Waals surface area (Å²) in [4.78, 5) is 13.6. The molecule has 94 valence electrons. The number of benzene rings is 1. The third kappa shape index (κ3) is 3.26. The van der Waals surface area contributed by atoms with Gasteiger partial charge in [-0.15, -0.1) is 0 Å². The van der Waals surface area contributed by atoms with Crippen molar-refractivity contribution < 1.29 is 14.3 Å². The van der Waals surface area contributed by atoms with Gasteiger partial charge in [0.25, 0.3) is 5.91 Å². The number of nitrogens with zero attached hydrogens (tertiary/aromatic N) is 1. The lowest BCUT2D eigenvalue weighted by Crippen LogP contribution is -2.39. The van der Waals surface area contributed by atoms with Gasteiger partial charge in [-0.25, -0.2) is 4.39 Å². The molecular weight excluding hydrogens is 289 g/mol. The Morgan fingerprint density at radius 2 is 2.18 bits per heavy atom. The molecule has 0 unspecified atom stereocenters. The maximum Gasteiger partial charge on any atom is 0.258 e. The number of halogens is 2. The SMILES string of the molecule is CC(C)N(CCO)C(=O)c1c(F)cccc1Br. The van der Waals surface area contributed by atoms with Gasteiger partial charge in [0.15, 0.2) is 0 Å². The highest BCUT2D eigenvalue weighted by molar-refractivity contribution is 9.10. The van der Waals surface area contributed by atoms with E-state index in [1.54, 1.807) is 6.07 Å². The van der Waals surface area contributed by atoms with E-state index in [4.69, 9.17) is 5.11 Å². The van der Waals surface area contributed by atoms with Crippen LogP contribution in [0.4, 0.5) is 4.39 Å². The minimum absolute atomic E-state index is 0.00894. The van der Waals surface area contributed by atoms with E-state index >= 15 is 0 Å². The van der Waals surface area contributed by atoms with E-state index in [1.165, 1.54) is 17.0 Å². The minimum Gasteiger partial charge on any atom is -0.395 e. The summed E-state index contributed by atoms with van der Waals surface area (Å²) >= 11 is 3.17. The van der Waals surface area contributed by atoms with E-state index < -0.39 is 11.7 Å². The monoisotopic (exact) mass is 303 g/mol. The fourth-order valence-electron chi connectivity index (χ4n) is 1.55. The summed E-state index contributed by atoms with van der Waals surface area (Å²) in [6.07, 6.45) is 0. The fraction of sp³-hybridized carbons (Fsp3) is 0.417. The van der Waals surface area contributed by atoms with Crippen LogP contribution in [0.25, 0.3) is 0 Å². The second-order valence-corrected chi connectivity index (χ2v) is 4.77. The number of amides is 1. The summed E-state index contributed by atoms with van der Waals surface area (Å²) in [5.74, 6) is -0.980. The quantitative estimate of drug-likeness (QED) is 0.928. The maximum absolute atomic E-state index is 13.6. The first-order valence-electron chi connectivity index (χ1n) is 5.35. The van der Waals surface area contributed by atoms with Crippen molar-refractivity contribution in [2.75, 3.05) is 13.2 Å². The molecule has 0 saturated carbocycles. The van der Waals surface area contributed by atoms with Crippen LogP contribution in [-0.4, -0.2) is 35.1 Å². The molecule has 0 aliphatic rings. The molecule has 0 fully saturated rings. The summed E-state index contributed by atoms with van der Waals surface area (Å²) in [5, 5.41) is 8.92. The molecule has 5 heteroatoms. The molecule has 0 bridgehead atoms. The summed E-state index contributed by atoms with van der Waals surface area (Å²) in [6.45, 7) is 3.69. The highest BCUT2D eigenvalue weighted by Crippen LogP contribution is 2.22. The number of carbonyl (C=O) groups excluding carboxylic acids is 1. The van der Waals surface area contributed by atoms with Crippen molar-refractivity contribution in [1.82, 2.24) is 4.90 Å². The number of hydrogen-bond acceptors (Lipinski definition) is 2. The lowest BCUT2D eigenvalue weighted by atomic mass is 10.1. The molecular formula is C12H15BrFNO2. The van der Waals surface area contributed by atoms with Crippen LogP contribution in [0.3, 0.4) is 0 Å². The highest BCUT2D eigenvalue weighted by atomic mass is 79.9. The van der Waals surface area contributed by atoms with Crippen molar-refractivity contribution in [3.8, 4) is 0 Å². The average Bonchev–Trinajstić information content (AvgIpc) is 2.24. The van der Waals surface area contributed by atoms with E-state index in [0.29, 0.717) is 4.47 Å². The van der Waals surface area contributed by atoms with Crippen molar-refractivity contribution in [3.05, 3.63) is 34.1 Å². The van der Waals surface area contributed by atoms with Gasteiger partial charge in [0.2, 0.25) is 0 Å². The molecule has 1 aromatic rings. The zero-order valence-electron chi connectivity index (χ0n) is 9.78. The molecule has 0 aromatic heterocycles. The first-order chi connectivity index (χ1) is 7.99. The van der Waals surface area contributed by atoms with Crippen LogP contribution < -0.4 is 0 Å². The van der Waals surface area contributed by atoms with Crippen molar-refractivity contribution in [2.45, 2.75) is 19.9 Å². The molecule has 0 aliphatic carbocycles. The van der Waals surface area contributed by atoms with E-state index in [2.05, 4.69) is 15.9 Å². The Kier molecular flexibility index (Phi) is 5.08. The first kappa shape index (κ1) is 14.1. The van der Waals surface area contributed by atoms with Crippen molar-refractivity contribution in [2.24, 2.45) is 0 Å². The van der Waals surface area contributed by atoms with Crippen LogP contribution in [0.5, 0.6) is 0 Å². The van der Waals surface area contributed by atoms with Gasteiger partial charge in [-0.3, -0.25) is 4.79 Å². The Bertz CT molecular complexity index is 389. The second kappa shape index (κ2) is 6.12. The Morgan fingerprint density at radius 3 is 2.65 bits per heavy atom. The van der Waals surface area contributed by atoms with E-state index in [9.17, 15) is 9.18 Å². The molecule has 3 nitrogen and oxygen atoms in total. The van der Waals surface area contributed by atoms with Gasteiger partial charge in [0.1, 0.15) is 5.82 Å². The van der Waals surface area contributed by atoms with Gasteiger partial charge in [-0.05, 0) is 41.9 Å². The third-order valence-electron chi connectivity index (χ3n) is 2.40. The molecule has 0 spiro atoms. The first-order valence-corrected chi connectivity index (χ1v) is 6.14. The number of carbonyl (C=O) groups is 1. The molecule has 1 aromatic carbocycles. The second-order valence-electron chi connectivity index (χ2n) is 3.91. The Hall–Kier alpha value is -0.940. The zero-order chi connectivity index (χ0) is 13.0. The third-order valence-corrected chi connectivity index (χ3v) is 3.06. The van der Waals surface area contributed by atoms with Gasteiger partial charge in [0, 0.05) is 17.1 Å². The average molecular weight is 304 g/mol. The van der Waals surface area contributed by atoms with Crippen molar-refractivity contribution in [1.29, 1.82) is 0 Å². The Labute approximate surface area is 108 Å². The molecule has 0 heterocycles. The predicted octanol–water partition coefficient (Wildman–Crippen LogP) is 2.43. The van der Waals surface area contributed by atoms with E-state index in [-0.39, 0.29) is 24.8 Å². The van der Waals surface area contributed by atoms with Gasteiger partial charge in [-0.2, -0.15) is 0 Å². The Morgan fingerprint density at radius 1 is 1.53 bits per heavy atom. The topological polar surface area (TPSA) is 40.5 Å². The van der Waals surface area contributed by atoms with Crippen LogP contribution >= 0.6 is 15.9 Å². The predicted molar refractivity (Wildman–Crippen MR) is 67.4 cm³/mol. The van der Waals surface area contributed by atoms with Crippen molar-refractivity contribution in [3.63, 3.8) is 0 Å². The summed E-state index contributed by atoms with van der Waals surface area (Å²) in [6, 6.07) is 4.30. The van der Waals surface area contributed by atoms with Gasteiger partial charge in [0.05, 0.1) is 12.2 Å². The van der Waals surface area contributed by atoms with E-state index in [0.717, 1.165) is 0 Å². The summed E-state index contributed by atoms with van der Waals surface area (Å²) in [7, 11) is 0. The van der Waals surface area contributed by atoms with Gasteiger partial charge < -0.3 is 10.0 Å². The summed E-state index contributed by atoms with van der Waals surface area (Å²) in [5.41, 5.74) is 0.00894. The standard InChI is InChI=1S/C12H15BrFNO2/c1-8(2)15(6-7-16)12(17)11-9(13)4-3-5-10(11)14/h3-5,8,16H,6-7H2,1-2H3. The van der Waals surface area contributed by atoms with Gasteiger partial charge in [-0.1, -0.05) is 6.07 Å². The molecule has 0 saturated heterocycles. The molecule has 1 rings (SSSR count). The van der Waals surface area contributed by atoms with Crippen molar-refractivity contribution >= 4 is 21.8 Å². The van der Waals surface area contributed by atoms with Crippen LogP contribution in [-0.2, 0) is 0 Å². The summed E-state index contributed by atoms with van der Waals surface area (Å²) < 4.78 is 14.0. The number of hydrogen-bond donors (Lipinski definition) is 1. The smallest absolute Gasteiger partial charge is 0.258 e. The lowest BCUT2D eigenvalue weighted by molar-refractivity contribution is 0.0659. The number of rotatable bonds is 4. The number of aliphatic hydroxyl groups is 1. The largest absolute Gasteiger partial charge is 0.395 e. The lowest BCUT2D eigenvalue weighted by Gasteiger charge is -2.26. The number of aliphatic hydroxyl groups excluding tert-OH is 1. The molecule has 0 aliphatic heterocycles. The van der Waals surface area contributed by atoms with Crippen LogP contribution in [0.15, 0.2) is 22.7 Å². The molecule has 1 N–H and O–H groups in total. The molecule has 1 amide bonds. The molecule has 17 heavy (non-hydrogen) atoms.